The zero-order chi connectivity index (χ0) is 21.6. The average molecular weight is 414 g/mol. The Balaban J connectivity index is 1.34. The highest BCUT2D eigenvalue weighted by atomic mass is 16.5. The van der Waals surface area contributed by atoms with Crippen molar-refractivity contribution >= 4 is 28.7 Å². The molecule has 0 aliphatic heterocycles. The first-order valence-corrected chi connectivity index (χ1v) is 9.91. The van der Waals surface area contributed by atoms with Crippen LogP contribution in [0.3, 0.4) is 0 Å². The lowest BCUT2D eigenvalue weighted by molar-refractivity contribution is 0.102. The Morgan fingerprint density at radius 3 is 2.58 bits per heavy atom. The van der Waals surface area contributed by atoms with E-state index in [9.17, 15) is 9.59 Å². The molecule has 2 amide bonds. The molecular weight excluding hydrogens is 392 g/mol. The van der Waals surface area contributed by atoms with E-state index in [4.69, 9.17) is 4.74 Å². The Kier molecular flexibility index (Phi) is 5.93. The molecule has 3 N–H and O–H groups in total. The molecule has 0 fully saturated rings. The lowest BCUT2D eigenvalue weighted by atomic mass is 10.1. The quantitative estimate of drug-likeness (QED) is 0.422. The summed E-state index contributed by atoms with van der Waals surface area (Å²) in [5, 5.41) is 6.56. The van der Waals surface area contributed by atoms with Crippen molar-refractivity contribution in [3.05, 3.63) is 95.8 Å². The maximum atomic E-state index is 12.6. The molecule has 7 heteroatoms. The van der Waals surface area contributed by atoms with Crippen molar-refractivity contribution in [1.82, 2.24) is 15.3 Å². The molecule has 4 rings (SSSR count). The van der Waals surface area contributed by atoms with E-state index < -0.39 is 6.09 Å². The molecule has 4 aromatic rings. The third-order valence-corrected chi connectivity index (χ3v) is 4.93. The van der Waals surface area contributed by atoms with Gasteiger partial charge in [-0.25, -0.2) is 9.78 Å². The number of benzene rings is 2. The summed E-state index contributed by atoms with van der Waals surface area (Å²) in [6, 6.07) is 19.9. The van der Waals surface area contributed by atoms with Gasteiger partial charge >= 0.3 is 6.09 Å². The number of alkyl carbamates (subject to hydrolysis) is 1. The van der Waals surface area contributed by atoms with E-state index in [1.165, 1.54) is 0 Å². The van der Waals surface area contributed by atoms with Crippen LogP contribution in [0.1, 0.15) is 34.5 Å². The predicted molar refractivity (Wildman–Crippen MR) is 119 cm³/mol. The third-order valence-electron chi connectivity index (χ3n) is 4.93. The molecule has 0 radical (unpaired) electrons. The van der Waals surface area contributed by atoms with Crippen LogP contribution in [0.2, 0.25) is 0 Å². The van der Waals surface area contributed by atoms with Crippen molar-refractivity contribution in [3.8, 4) is 0 Å². The van der Waals surface area contributed by atoms with E-state index in [0.29, 0.717) is 16.9 Å². The monoisotopic (exact) mass is 414 g/mol. The van der Waals surface area contributed by atoms with Gasteiger partial charge in [0.2, 0.25) is 0 Å². The van der Waals surface area contributed by atoms with E-state index >= 15 is 0 Å². The highest BCUT2D eigenvalue weighted by molar-refractivity contribution is 6.08. The molecule has 2 aromatic heterocycles. The van der Waals surface area contributed by atoms with Crippen LogP contribution in [-0.4, -0.2) is 22.0 Å². The maximum Gasteiger partial charge on any atom is 0.407 e. The van der Waals surface area contributed by atoms with E-state index in [0.717, 1.165) is 16.5 Å². The largest absolute Gasteiger partial charge is 0.445 e. The zero-order valence-corrected chi connectivity index (χ0v) is 17.0. The molecule has 1 unspecified atom stereocenters. The minimum atomic E-state index is -0.494. The van der Waals surface area contributed by atoms with Crippen LogP contribution in [0.5, 0.6) is 0 Å². The fraction of sp³-hybridized carbons (Fsp3) is 0.125. The number of aromatic amines is 1. The fourth-order valence-corrected chi connectivity index (χ4v) is 3.21. The number of hydrogen-bond acceptors (Lipinski definition) is 4. The Morgan fingerprint density at radius 1 is 1.03 bits per heavy atom. The highest BCUT2D eigenvalue weighted by Crippen LogP contribution is 2.21. The summed E-state index contributed by atoms with van der Waals surface area (Å²) in [7, 11) is 0. The third kappa shape index (κ3) is 4.90. The Labute approximate surface area is 179 Å². The number of amides is 2. The number of carbonyl (C=O) groups is 2. The first-order chi connectivity index (χ1) is 15.1. The number of nitrogens with zero attached hydrogens (tertiary/aromatic N) is 1. The summed E-state index contributed by atoms with van der Waals surface area (Å²) < 4.78 is 5.26. The Bertz CT molecular complexity index is 1190. The maximum absolute atomic E-state index is 12.6. The summed E-state index contributed by atoms with van der Waals surface area (Å²) >= 11 is 0. The molecule has 2 aromatic carbocycles. The second-order valence-corrected chi connectivity index (χ2v) is 7.10. The SMILES string of the molecule is CC(NC(=O)OCc1ccccc1)c1ccc(C(=O)Nc2ccnc3[nH]ccc23)cc1. The number of rotatable bonds is 6. The average Bonchev–Trinajstić information content (AvgIpc) is 3.28. The van der Waals surface area contributed by atoms with E-state index in [1.54, 1.807) is 30.6 Å². The molecule has 156 valence electrons. The number of fused-ring (bicyclic) bond motifs is 1. The van der Waals surface area contributed by atoms with Crippen molar-refractivity contribution < 1.29 is 14.3 Å². The van der Waals surface area contributed by atoms with Gasteiger partial charge < -0.3 is 20.4 Å². The van der Waals surface area contributed by atoms with Gasteiger partial charge in [0.1, 0.15) is 12.3 Å². The van der Waals surface area contributed by atoms with Crippen molar-refractivity contribution in [1.29, 1.82) is 0 Å². The van der Waals surface area contributed by atoms with Crippen LogP contribution < -0.4 is 10.6 Å². The normalized spacial score (nSPS) is 11.6. The van der Waals surface area contributed by atoms with Crippen LogP contribution in [0.25, 0.3) is 11.0 Å². The second kappa shape index (κ2) is 9.13. The van der Waals surface area contributed by atoms with Gasteiger partial charge in [0, 0.05) is 23.3 Å². The number of hydrogen-bond donors (Lipinski definition) is 3. The van der Waals surface area contributed by atoms with Crippen molar-refractivity contribution in [2.75, 3.05) is 5.32 Å². The van der Waals surface area contributed by atoms with Crippen LogP contribution in [-0.2, 0) is 11.3 Å². The van der Waals surface area contributed by atoms with Gasteiger partial charge in [-0.15, -0.1) is 0 Å². The minimum absolute atomic E-state index is 0.210. The lowest BCUT2D eigenvalue weighted by Gasteiger charge is -2.15. The van der Waals surface area contributed by atoms with Gasteiger partial charge in [0.15, 0.2) is 0 Å². The van der Waals surface area contributed by atoms with E-state index in [2.05, 4.69) is 20.6 Å². The highest BCUT2D eigenvalue weighted by Gasteiger charge is 2.13. The van der Waals surface area contributed by atoms with Crippen molar-refractivity contribution in [2.45, 2.75) is 19.6 Å². The van der Waals surface area contributed by atoms with Crippen molar-refractivity contribution in [3.63, 3.8) is 0 Å². The number of carbonyl (C=O) groups excluding carboxylic acids is 2. The molecule has 0 saturated carbocycles. The van der Waals surface area contributed by atoms with Gasteiger partial charge in [0.25, 0.3) is 5.91 Å². The molecule has 31 heavy (non-hydrogen) atoms. The number of nitrogens with one attached hydrogen (secondary N) is 3. The summed E-state index contributed by atoms with van der Waals surface area (Å²) in [6.45, 7) is 2.07. The topological polar surface area (TPSA) is 96.1 Å². The van der Waals surface area contributed by atoms with Gasteiger partial charge in [-0.3, -0.25) is 4.79 Å². The van der Waals surface area contributed by atoms with Crippen molar-refractivity contribution in [2.24, 2.45) is 0 Å². The fourth-order valence-electron chi connectivity index (χ4n) is 3.21. The first kappa shape index (κ1) is 20.2. The van der Waals surface area contributed by atoms with Gasteiger partial charge in [-0.1, -0.05) is 42.5 Å². The van der Waals surface area contributed by atoms with E-state index in [-0.39, 0.29) is 18.6 Å². The van der Waals surface area contributed by atoms with Gasteiger partial charge in [0.05, 0.1) is 11.7 Å². The molecule has 2 heterocycles. The van der Waals surface area contributed by atoms with E-state index in [1.807, 2.05) is 55.5 Å². The second-order valence-electron chi connectivity index (χ2n) is 7.10. The number of ether oxygens (including phenoxy) is 1. The Morgan fingerprint density at radius 2 is 1.81 bits per heavy atom. The number of pyridine rings is 1. The molecular formula is C24H22N4O3. The minimum Gasteiger partial charge on any atom is -0.445 e. The number of anilines is 1. The smallest absolute Gasteiger partial charge is 0.407 e. The number of aromatic nitrogens is 2. The summed E-state index contributed by atoms with van der Waals surface area (Å²) in [5.74, 6) is -0.219. The van der Waals surface area contributed by atoms with Crippen LogP contribution in [0.4, 0.5) is 10.5 Å². The molecule has 0 aliphatic carbocycles. The van der Waals surface area contributed by atoms with Crippen LogP contribution >= 0.6 is 0 Å². The molecule has 1 atom stereocenters. The molecule has 7 nitrogen and oxygen atoms in total. The molecule has 0 saturated heterocycles. The molecule has 0 bridgehead atoms. The number of H-pyrrole nitrogens is 1. The summed E-state index contributed by atoms with van der Waals surface area (Å²) in [5.41, 5.74) is 3.71. The molecule has 0 aliphatic rings. The van der Waals surface area contributed by atoms with Crippen LogP contribution in [0, 0.1) is 0 Å². The van der Waals surface area contributed by atoms with Gasteiger partial charge in [-0.05, 0) is 42.3 Å². The Hall–Kier alpha value is -4.13. The lowest BCUT2D eigenvalue weighted by Crippen LogP contribution is -2.27. The standard InChI is InChI=1S/C24H22N4O3/c1-16(27-24(30)31-15-17-5-3-2-4-6-17)18-7-9-19(10-8-18)23(29)28-21-12-14-26-22-20(21)11-13-25-22/h2-14,16H,15H2,1H3,(H,27,30)(H2,25,26,28,29). The van der Waals surface area contributed by atoms with Crippen LogP contribution in [0.15, 0.2) is 79.1 Å². The molecule has 0 spiro atoms. The zero-order valence-electron chi connectivity index (χ0n) is 17.0. The first-order valence-electron chi connectivity index (χ1n) is 9.91. The summed E-state index contributed by atoms with van der Waals surface area (Å²) in [4.78, 5) is 31.9. The summed E-state index contributed by atoms with van der Waals surface area (Å²) in [6.07, 6.45) is 2.93. The predicted octanol–water partition coefficient (Wildman–Crippen LogP) is 4.80. The van der Waals surface area contributed by atoms with Gasteiger partial charge in [-0.2, -0.15) is 0 Å².